The molecule has 14 unspecified atom stereocenters. The zero-order chi connectivity index (χ0) is 34.1. The van der Waals surface area contributed by atoms with Crippen LogP contribution in [0.3, 0.4) is 0 Å². The normalized spacial score (nSPS) is 46.0. The first-order chi connectivity index (χ1) is 22.1. The molecule has 0 aromatic rings. The number of fused-ring (bicyclic) bond motifs is 2. The maximum absolute atomic E-state index is 6.68. The fraction of sp³-hybridized carbons (Fsp3) is 1.00. The highest BCUT2D eigenvalue weighted by Crippen LogP contribution is 2.69. The summed E-state index contributed by atoms with van der Waals surface area (Å²) in [7, 11) is 2.50. The second kappa shape index (κ2) is 13.9. The lowest BCUT2D eigenvalue weighted by atomic mass is 9.56. The standard InChI is InChI=1S/C44H80O2Si/c1-27-23-31-33(25-35(43(3,4)5)39(45-9)37(31)29-19-15-13-16-20-29)41(27)47(11,12)42-28(2)24-32-34(42)26-36(44(6,7)8)40(46-10)38(32)30-21-17-14-18-22-30/h27-42H,13-26H2,1-12H3. The van der Waals surface area contributed by atoms with Crippen LogP contribution in [-0.2, 0) is 9.47 Å². The van der Waals surface area contributed by atoms with Gasteiger partial charge in [-0.3, -0.25) is 0 Å². The molecule has 6 aliphatic rings. The molecule has 0 saturated heterocycles. The predicted octanol–water partition coefficient (Wildman–Crippen LogP) is 12.5. The maximum atomic E-state index is 6.68. The summed E-state index contributed by atoms with van der Waals surface area (Å²) in [6.45, 7) is 26.7. The van der Waals surface area contributed by atoms with Crippen LogP contribution in [0.1, 0.15) is 145 Å². The number of ether oxygens (including phenoxy) is 2. The zero-order valence-corrected chi connectivity index (χ0v) is 34.5. The Morgan fingerprint density at radius 1 is 0.489 bits per heavy atom. The lowest BCUT2D eigenvalue weighted by Crippen LogP contribution is -2.55. The van der Waals surface area contributed by atoms with Crippen molar-refractivity contribution in [3.05, 3.63) is 0 Å². The molecule has 6 fully saturated rings. The molecule has 0 aromatic carbocycles. The van der Waals surface area contributed by atoms with E-state index in [1.54, 1.807) is 0 Å². The number of rotatable bonds is 6. The summed E-state index contributed by atoms with van der Waals surface area (Å²) >= 11 is 0. The largest absolute Gasteiger partial charge is 0.381 e. The van der Waals surface area contributed by atoms with Crippen LogP contribution in [-0.4, -0.2) is 34.5 Å². The van der Waals surface area contributed by atoms with Gasteiger partial charge in [-0.05, 0) is 119 Å². The molecule has 0 amide bonds. The molecule has 6 rings (SSSR count). The van der Waals surface area contributed by atoms with Crippen molar-refractivity contribution in [2.45, 2.75) is 182 Å². The molecule has 0 heterocycles. The van der Waals surface area contributed by atoms with Crippen LogP contribution >= 0.6 is 0 Å². The van der Waals surface area contributed by atoms with Gasteiger partial charge in [0, 0.05) is 14.2 Å². The fourth-order valence-electron chi connectivity index (χ4n) is 15.7. The van der Waals surface area contributed by atoms with E-state index in [4.69, 9.17) is 9.47 Å². The summed E-state index contributed by atoms with van der Waals surface area (Å²) in [4.78, 5) is 0. The zero-order valence-electron chi connectivity index (χ0n) is 33.5. The Bertz CT molecular complexity index is 946. The fourth-order valence-corrected chi connectivity index (χ4v) is 22.3. The Morgan fingerprint density at radius 2 is 0.830 bits per heavy atom. The number of hydrogen-bond donors (Lipinski definition) is 0. The third-order valence-corrected chi connectivity index (χ3v) is 22.4. The first kappa shape index (κ1) is 36.9. The molecule has 0 spiro atoms. The van der Waals surface area contributed by atoms with Crippen LogP contribution in [0.15, 0.2) is 0 Å². The van der Waals surface area contributed by atoms with Crippen molar-refractivity contribution in [1.29, 1.82) is 0 Å². The van der Waals surface area contributed by atoms with E-state index in [1.165, 1.54) is 89.9 Å². The molecular weight excluding hydrogens is 589 g/mol. The Balaban J connectivity index is 1.36. The predicted molar refractivity (Wildman–Crippen MR) is 203 cm³/mol. The number of methoxy groups -OCH3 is 2. The van der Waals surface area contributed by atoms with Gasteiger partial charge in [-0.15, -0.1) is 0 Å². The summed E-state index contributed by atoms with van der Waals surface area (Å²) in [6, 6.07) is 0. The SMILES string of the molecule is COC1C(C2CCCCC2)C2CC(C)C([Si](C)(C)C3C(C)CC4C3CC(C(C)(C)C)C(OC)C4C3CCCCC3)C2CC1C(C)(C)C. The van der Waals surface area contributed by atoms with Crippen molar-refractivity contribution in [3.63, 3.8) is 0 Å². The van der Waals surface area contributed by atoms with Crippen molar-refractivity contribution < 1.29 is 9.47 Å². The van der Waals surface area contributed by atoms with E-state index >= 15 is 0 Å². The summed E-state index contributed by atoms with van der Waals surface area (Å²) in [5.41, 5.74) is 2.54. The monoisotopic (exact) mass is 669 g/mol. The van der Waals surface area contributed by atoms with Gasteiger partial charge < -0.3 is 9.47 Å². The molecule has 2 nitrogen and oxygen atoms in total. The van der Waals surface area contributed by atoms with Crippen molar-refractivity contribution in [3.8, 4) is 0 Å². The van der Waals surface area contributed by atoms with Gasteiger partial charge in [0.25, 0.3) is 0 Å². The van der Waals surface area contributed by atoms with Gasteiger partial charge in [0.1, 0.15) is 0 Å². The molecule has 14 atom stereocenters. The van der Waals surface area contributed by atoms with Crippen LogP contribution in [0.25, 0.3) is 0 Å². The van der Waals surface area contributed by atoms with Gasteiger partial charge in [0.2, 0.25) is 0 Å². The Labute approximate surface area is 294 Å². The minimum absolute atomic E-state index is 0.304. The van der Waals surface area contributed by atoms with Gasteiger partial charge in [-0.1, -0.05) is 133 Å². The molecule has 0 bridgehead atoms. The molecule has 6 aliphatic carbocycles. The van der Waals surface area contributed by atoms with Crippen LogP contribution in [0, 0.1) is 81.8 Å². The Kier molecular flexibility index (Phi) is 10.9. The highest BCUT2D eigenvalue weighted by atomic mass is 28.3. The van der Waals surface area contributed by atoms with Gasteiger partial charge in [0.15, 0.2) is 0 Å². The number of hydrogen-bond acceptors (Lipinski definition) is 2. The van der Waals surface area contributed by atoms with E-state index < -0.39 is 8.07 Å². The van der Waals surface area contributed by atoms with Gasteiger partial charge in [-0.25, -0.2) is 0 Å². The van der Waals surface area contributed by atoms with E-state index in [0.717, 1.165) is 70.3 Å². The average Bonchev–Trinajstić information content (AvgIpc) is 3.54. The van der Waals surface area contributed by atoms with Crippen LogP contribution in [0.5, 0.6) is 0 Å². The molecule has 0 radical (unpaired) electrons. The quantitative estimate of drug-likeness (QED) is 0.262. The highest BCUT2D eigenvalue weighted by molar-refractivity contribution is 6.80. The van der Waals surface area contributed by atoms with Gasteiger partial charge in [0.05, 0.1) is 20.3 Å². The molecule has 272 valence electrons. The van der Waals surface area contributed by atoms with Crippen molar-refractivity contribution in [1.82, 2.24) is 0 Å². The molecule has 3 heteroatoms. The third-order valence-electron chi connectivity index (χ3n) is 17.0. The van der Waals surface area contributed by atoms with Crippen LogP contribution < -0.4 is 0 Å². The molecule has 0 aliphatic heterocycles. The van der Waals surface area contributed by atoms with Crippen molar-refractivity contribution in [2.24, 2.45) is 81.8 Å². The van der Waals surface area contributed by atoms with Gasteiger partial charge >= 0.3 is 0 Å². The molecule has 0 aromatic heterocycles. The van der Waals surface area contributed by atoms with E-state index in [2.05, 4.69) is 82.7 Å². The summed E-state index contributed by atoms with van der Waals surface area (Å²) in [6.07, 6.45) is 21.3. The van der Waals surface area contributed by atoms with Crippen LogP contribution in [0.4, 0.5) is 0 Å². The molecule has 0 N–H and O–H groups in total. The van der Waals surface area contributed by atoms with E-state index in [-0.39, 0.29) is 0 Å². The smallest absolute Gasteiger partial charge is 0.0638 e. The lowest BCUT2D eigenvalue weighted by molar-refractivity contribution is -0.118. The summed E-state index contributed by atoms with van der Waals surface area (Å²) < 4.78 is 13.4. The van der Waals surface area contributed by atoms with E-state index in [9.17, 15) is 0 Å². The average molecular weight is 669 g/mol. The van der Waals surface area contributed by atoms with Crippen molar-refractivity contribution >= 4 is 8.07 Å². The Hall–Kier alpha value is 0.137. The minimum Gasteiger partial charge on any atom is -0.381 e. The minimum atomic E-state index is -1.66. The van der Waals surface area contributed by atoms with Gasteiger partial charge in [-0.2, -0.15) is 0 Å². The molecular formula is C44H80O2Si. The second-order valence-corrected chi connectivity index (χ2v) is 26.7. The molecule has 47 heavy (non-hydrogen) atoms. The summed E-state index contributed by atoms with van der Waals surface area (Å²) in [5.74, 6) is 10.1. The second-order valence-electron chi connectivity index (χ2n) is 21.7. The summed E-state index contributed by atoms with van der Waals surface area (Å²) in [5, 5.41) is 0. The lowest BCUT2D eigenvalue weighted by Gasteiger charge is -2.56. The van der Waals surface area contributed by atoms with Crippen molar-refractivity contribution in [2.75, 3.05) is 14.2 Å². The molecule has 6 saturated carbocycles. The third kappa shape index (κ3) is 6.66. The first-order valence-corrected chi connectivity index (χ1v) is 24.3. The van der Waals surface area contributed by atoms with E-state index in [0.29, 0.717) is 34.9 Å². The topological polar surface area (TPSA) is 18.5 Å². The first-order valence-electron chi connectivity index (χ1n) is 21.2. The van der Waals surface area contributed by atoms with E-state index in [1.807, 2.05) is 0 Å². The maximum Gasteiger partial charge on any atom is 0.0638 e. The Morgan fingerprint density at radius 3 is 1.13 bits per heavy atom. The highest BCUT2D eigenvalue weighted by Gasteiger charge is 2.64. The van der Waals surface area contributed by atoms with Crippen LogP contribution in [0.2, 0.25) is 24.2 Å².